The second kappa shape index (κ2) is 9.72. The third-order valence-corrected chi connectivity index (χ3v) is 5.62. The van der Waals surface area contributed by atoms with Gasteiger partial charge >= 0.3 is 0 Å². The molecule has 2 heterocycles. The Morgan fingerprint density at radius 3 is 2.28 bits per heavy atom. The van der Waals surface area contributed by atoms with Crippen molar-refractivity contribution in [3.05, 3.63) is 60.2 Å². The van der Waals surface area contributed by atoms with E-state index in [1.165, 1.54) is 0 Å². The highest BCUT2D eigenvalue weighted by Gasteiger charge is 2.33. The molecular formula is C24H27N3O5. The van der Waals surface area contributed by atoms with Gasteiger partial charge in [0.05, 0.1) is 0 Å². The van der Waals surface area contributed by atoms with Crippen molar-refractivity contribution in [3.8, 4) is 11.5 Å². The van der Waals surface area contributed by atoms with Crippen molar-refractivity contribution in [2.24, 2.45) is 0 Å². The maximum atomic E-state index is 12.8. The second-order valence-electron chi connectivity index (χ2n) is 8.01. The average Bonchev–Trinajstić information content (AvgIpc) is 2.83. The van der Waals surface area contributed by atoms with Crippen LogP contribution in [0.2, 0.25) is 0 Å². The van der Waals surface area contributed by atoms with Crippen LogP contribution in [0.4, 0.5) is 0 Å². The van der Waals surface area contributed by atoms with Crippen LogP contribution in [-0.4, -0.2) is 72.5 Å². The molecule has 2 aromatic carbocycles. The highest BCUT2D eigenvalue weighted by Crippen LogP contribution is 2.31. The van der Waals surface area contributed by atoms with E-state index in [1.54, 1.807) is 40.1 Å². The Balaban J connectivity index is 1.23. The SMILES string of the molecule is CC(CC(=O)N1CCN(C(=O)C2COc3ccccc3O2)CC1)NC(=O)c1ccccc1. The fraction of sp³-hybridized carbons (Fsp3) is 0.375. The summed E-state index contributed by atoms with van der Waals surface area (Å²) in [5.41, 5.74) is 0.565. The number of ether oxygens (including phenoxy) is 2. The number of amides is 3. The topological polar surface area (TPSA) is 88.2 Å². The Morgan fingerprint density at radius 2 is 1.56 bits per heavy atom. The number of nitrogens with one attached hydrogen (secondary N) is 1. The third kappa shape index (κ3) is 5.01. The fourth-order valence-corrected chi connectivity index (χ4v) is 3.86. The molecule has 0 bridgehead atoms. The number of benzene rings is 2. The van der Waals surface area contributed by atoms with Crippen LogP contribution in [0.25, 0.3) is 0 Å². The van der Waals surface area contributed by atoms with E-state index in [0.29, 0.717) is 43.2 Å². The highest BCUT2D eigenvalue weighted by molar-refractivity contribution is 5.94. The van der Waals surface area contributed by atoms with Gasteiger partial charge in [-0.3, -0.25) is 14.4 Å². The van der Waals surface area contributed by atoms with Gasteiger partial charge in [-0.05, 0) is 31.2 Å². The molecule has 0 radical (unpaired) electrons. The number of para-hydroxylation sites is 2. The first-order chi connectivity index (χ1) is 15.5. The monoisotopic (exact) mass is 437 g/mol. The summed E-state index contributed by atoms with van der Waals surface area (Å²) < 4.78 is 11.5. The van der Waals surface area contributed by atoms with Gasteiger partial charge in [0.15, 0.2) is 11.5 Å². The zero-order valence-electron chi connectivity index (χ0n) is 18.0. The standard InChI is InChI=1S/C24H27N3O5/c1-17(25-23(29)18-7-3-2-4-8-18)15-22(28)26-11-13-27(14-12-26)24(30)21-16-31-19-9-5-6-10-20(19)32-21/h2-10,17,21H,11-16H2,1H3,(H,25,29). The predicted molar refractivity (Wildman–Crippen MR) is 118 cm³/mol. The van der Waals surface area contributed by atoms with Crippen LogP contribution >= 0.6 is 0 Å². The molecule has 2 aromatic rings. The molecule has 2 unspecified atom stereocenters. The molecule has 4 rings (SSSR count). The van der Waals surface area contributed by atoms with E-state index in [2.05, 4.69) is 5.32 Å². The Bertz CT molecular complexity index is 973. The maximum absolute atomic E-state index is 12.8. The van der Waals surface area contributed by atoms with E-state index in [-0.39, 0.29) is 36.8 Å². The fourth-order valence-electron chi connectivity index (χ4n) is 3.86. The summed E-state index contributed by atoms with van der Waals surface area (Å²) in [5, 5.41) is 2.86. The minimum Gasteiger partial charge on any atom is -0.485 e. The zero-order valence-corrected chi connectivity index (χ0v) is 18.0. The lowest BCUT2D eigenvalue weighted by Crippen LogP contribution is -2.55. The normalized spacial score (nSPS) is 18.6. The summed E-state index contributed by atoms with van der Waals surface area (Å²) in [6, 6.07) is 15.9. The highest BCUT2D eigenvalue weighted by atomic mass is 16.6. The number of rotatable bonds is 5. The first-order valence-corrected chi connectivity index (χ1v) is 10.8. The molecular weight excluding hydrogens is 410 g/mol. The van der Waals surface area contributed by atoms with E-state index in [9.17, 15) is 14.4 Å². The van der Waals surface area contributed by atoms with Gasteiger partial charge in [0.25, 0.3) is 11.8 Å². The van der Waals surface area contributed by atoms with E-state index < -0.39 is 6.10 Å². The lowest BCUT2D eigenvalue weighted by atomic mass is 10.1. The number of hydrogen-bond acceptors (Lipinski definition) is 5. The van der Waals surface area contributed by atoms with Gasteiger partial charge in [0.2, 0.25) is 12.0 Å². The summed E-state index contributed by atoms with van der Waals surface area (Å²) in [5.74, 6) is 0.842. The number of nitrogens with zero attached hydrogens (tertiary/aromatic N) is 2. The molecule has 0 aliphatic carbocycles. The average molecular weight is 437 g/mol. The van der Waals surface area contributed by atoms with Crippen molar-refractivity contribution in [1.82, 2.24) is 15.1 Å². The smallest absolute Gasteiger partial charge is 0.267 e. The predicted octanol–water partition coefficient (Wildman–Crippen LogP) is 1.71. The maximum Gasteiger partial charge on any atom is 0.267 e. The summed E-state index contributed by atoms with van der Waals surface area (Å²) in [6.45, 7) is 3.78. The van der Waals surface area contributed by atoms with E-state index in [0.717, 1.165) is 0 Å². The number of piperazine rings is 1. The molecule has 2 aliphatic heterocycles. The molecule has 0 aromatic heterocycles. The van der Waals surface area contributed by atoms with Crippen molar-refractivity contribution < 1.29 is 23.9 Å². The van der Waals surface area contributed by atoms with E-state index >= 15 is 0 Å². The molecule has 1 fully saturated rings. The van der Waals surface area contributed by atoms with Gasteiger partial charge in [-0.25, -0.2) is 0 Å². The molecule has 1 saturated heterocycles. The van der Waals surface area contributed by atoms with Gasteiger partial charge in [0, 0.05) is 44.2 Å². The number of carbonyl (C=O) groups excluding carboxylic acids is 3. The van der Waals surface area contributed by atoms with E-state index in [1.807, 2.05) is 31.2 Å². The number of fused-ring (bicyclic) bond motifs is 1. The molecule has 3 amide bonds. The summed E-state index contributed by atoms with van der Waals surface area (Å²) in [6.07, 6.45) is -0.469. The lowest BCUT2D eigenvalue weighted by molar-refractivity contribution is -0.146. The Kier molecular flexibility index (Phi) is 6.58. The molecule has 168 valence electrons. The zero-order chi connectivity index (χ0) is 22.5. The van der Waals surface area contributed by atoms with Crippen LogP contribution in [0, 0.1) is 0 Å². The third-order valence-electron chi connectivity index (χ3n) is 5.62. The van der Waals surface area contributed by atoms with Gasteiger partial charge in [-0.2, -0.15) is 0 Å². The van der Waals surface area contributed by atoms with Crippen molar-refractivity contribution in [2.45, 2.75) is 25.5 Å². The van der Waals surface area contributed by atoms with Crippen LogP contribution < -0.4 is 14.8 Å². The Labute approximate surface area is 187 Å². The van der Waals surface area contributed by atoms with Crippen molar-refractivity contribution in [1.29, 1.82) is 0 Å². The first-order valence-electron chi connectivity index (χ1n) is 10.8. The number of hydrogen-bond donors (Lipinski definition) is 1. The quantitative estimate of drug-likeness (QED) is 0.769. The van der Waals surface area contributed by atoms with Gasteiger partial charge in [-0.1, -0.05) is 30.3 Å². The molecule has 1 N–H and O–H groups in total. The van der Waals surface area contributed by atoms with Crippen molar-refractivity contribution >= 4 is 17.7 Å². The molecule has 0 spiro atoms. The molecule has 8 heteroatoms. The minimum absolute atomic E-state index is 0.0378. The van der Waals surface area contributed by atoms with Gasteiger partial charge in [0.1, 0.15) is 6.61 Å². The first kappa shape index (κ1) is 21.7. The van der Waals surface area contributed by atoms with Crippen molar-refractivity contribution in [3.63, 3.8) is 0 Å². The summed E-state index contributed by atoms with van der Waals surface area (Å²) in [7, 11) is 0. The molecule has 2 atom stereocenters. The van der Waals surface area contributed by atoms with Crippen molar-refractivity contribution in [2.75, 3.05) is 32.8 Å². The molecule has 32 heavy (non-hydrogen) atoms. The van der Waals surface area contributed by atoms with Crippen LogP contribution in [0.5, 0.6) is 11.5 Å². The Hall–Kier alpha value is -3.55. The van der Waals surface area contributed by atoms with Crippen LogP contribution in [0.3, 0.4) is 0 Å². The van der Waals surface area contributed by atoms with Crippen LogP contribution in [0.1, 0.15) is 23.7 Å². The second-order valence-corrected chi connectivity index (χ2v) is 8.01. The lowest BCUT2D eigenvalue weighted by Gasteiger charge is -2.37. The van der Waals surface area contributed by atoms with E-state index in [4.69, 9.17) is 9.47 Å². The largest absolute Gasteiger partial charge is 0.485 e. The summed E-state index contributed by atoms with van der Waals surface area (Å²) in [4.78, 5) is 41.2. The number of carbonyl (C=O) groups is 3. The Morgan fingerprint density at radius 1 is 0.938 bits per heavy atom. The van der Waals surface area contributed by atoms with Crippen LogP contribution in [0.15, 0.2) is 54.6 Å². The molecule has 8 nitrogen and oxygen atoms in total. The summed E-state index contributed by atoms with van der Waals surface area (Å²) >= 11 is 0. The molecule has 0 saturated carbocycles. The van der Waals surface area contributed by atoms with Crippen LogP contribution in [-0.2, 0) is 9.59 Å². The van der Waals surface area contributed by atoms with Gasteiger partial charge in [-0.15, -0.1) is 0 Å². The van der Waals surface area contributed by atoms with Gasteiger partial charge < -0.3 is 24.6 Å². The minimum atomic E-state index is -0.680. The molecule has 2 aliphatic rings.